The maximum atomic E-state index is 12.0. The Balaban J connectivity index is 2.02. The highest BCUT2D eigenvalue weighted by Crippen LogP contribution is 2.17. The summed E-state index contributed by atoms with van der Waals surface area (Å²) in [4.78, 5) is 22.9. The van der Waals surface area contributed by atoms with Crippen LogP contribution < -0.4 is 9.47 Å². The first-order valence-electron chi connectivity index (χ1n) is 6.74. The monoisotopic (exact) mass is 300 g/mol. The van der Waals surface area contributed by atoms with Gasteiger partial charge in [-0.2, -0.15) is 0 Å². The largest absolute Gasteiger partial charge is 0.479 e. The van der Waals surface area contributed by atoms with Crippen molar-refractivity contribution in [2.24, 2.45) is 0 Å². The Hall–Kier alpha value is -2.82. The van der Waals surface area contributed by atoms with Gasteiger partial charge in [-0.3, -0.25) is 0 Å². The van der Waals surface area contributed by atoms with Crippen molar-refractivity contribution in [2.45, 2.75) is 20.0 Å². The molecule has 1 atom stereocenters. The van der Waals surface area contributed by atoms with Crippen LogP contribution in [0.5, 0.6) is 11.5 Å². The highest BCUT2D eigenvalue weighted by molar-refractivity contribution is 5.88. The molecule has 0 aromatic heterocycles. The summed E-state index contributed by atoms with van der Waals surface area (Å²) in [5.41, 5.74) is 1.07. The SMILES string of the molecule is Cc1cccc(OC(C)C(=O)Oc2cccc(C(=O)O)c2)c1. The molecule has 2 aromatic carbocycles. The summed E-state index contributed by atoms with van der Waals surface area (Å²) in [5.74, 6) is -0.931. The first-order valence-corrected chi connectivity index (χ1v) is 6.74. The first-order chi connectivity index (χ1) is 10.5. The molecule has 0 bridgehead atoms. The van der Waals surface area contributed by atoms with Gasteiger partial charge in [-0.25, -0.2) is 9.59 Å². The number of esters is 1. The van der Waals surface area contributed by atoms with E-state index in [2.05, 4.69) is 0 Å². The second-order valence-corrected chi connectivity index (χ2v) is 4.83. The molecule has 0 aliphatic heterocycles. The summed E-state index contributed by atoms with van der Waals surface area (Å²) < 4.78 is 10.7. The number of hydrogen-bond acceptors (Lipinski definition) is 4. The van der Waals surface area contributed by atoms with Crippen LogP contribution in [-0.4, -0.2) is 23.1 Å². The van der Waals surface area contributed by atoms with Crippen molar-refractivity contribution in [3.8, 4) is 11.5 Å². The maximum absolute atomic E-state index is 12.0. The molecule has 5 nitrogen and oxygen atoms in total. The van der Waals surface area contributed by atoms with Crippen molar-refractivity contribution in [1.29, 1.82) is 0 Å². The lowest BCUT2D eigenvalue weighted by atomic mass is 10.2. The standard InChI is InChI=1S/C17H16O5/c1-11-5-3-7-14(9-11)21-12(2)17(20)22-15-8-4-6-13(10-15)16(18)19/h3-10,12H,1-2H3,(H,18,19). The quantitative estimate of drug-likeness (QED) is 0.678. The van der Waals surface area contributed by atoms with Crippen LogP contribution in [-0.2, 0) is 4.79 Å². The topological polar surface area (TPSA) is 72.8 Å². The minimum absolute atomic E-state index is 0.0533. The molecule has 0 saturated carbocycles. The average molecular weight is 300 g/mol. The van der Waals surface area contributed by atoms with Gasteiger partial charge < -0.3 is 14.6 Å². The summed E-state index contributed by atoms with van der Waals surface area (Å²) >= 11 is 0. The Labute approximate surface area is 128 Å². The van der Waals surface area contributed by atoms with Crippen LogP contribution in [0, 0.1) is 6.92 Å². The first kappa shape index (κ1) is 15.6. The molecule has 114 valence electrons. The van der Waals surface area contributed by atoms with E-state index in [1.165, 1.54) is 24.3 Å². The summed E-state index contributed by atoms with van der Waals surface area (Å²) in [7, 11) is 0. The Bertz CT molecular complexity index is 693. The Morgan fingerprint density at radius 2 is 1.73 bits per heavy atom. The third-order valence-electron chi connectivity index (χ3n) is 2.93. The molecular weight excluding hydrogens is 284 g/mol. The number of aryl methyl sites for hydroxylation is 1. The Morgan fingerprint density at radius 3 is 2.41 bits per heavy atom. The van der Waals surface area contributed by atoms with Crippen molar-refractivity contribution in [2.75, 3.05) is 0 Å². The van der Waals surface area contributed by atoms with Crippen LogP contribution in [0.15, 0.2) is 48.5 Å². The number of rotatable bonds is 5. The van der Waals surface area contributed by atoms with Gasteiger partial charge in [0.1, 0.15) is 11.5 Å². The van der Waals surface area contributed by atoms with Gasteiger partial charge in [0, 0.05) is 0 Å². The molecule has 22 heavy (non-hydrogen) atoms. The van der Waals surface area contributed by atoms with Gasteiger partial charge >= 0.3 is 11.9 Å². The van der Waals surface area contributed by atoms with E-state index in [-0.39, 0.29) is 11.3 Å². The molecule has 0 saturated heterocycles. The number of ether oxygens (including phenoxy) is 2. The van der Waals surface area contributed by atoms with Gasteiger partial charge in [-0.15, -0.1) is 0 Å². The number of aromatic carboxylic acids is 1. The summed E-state index contributed by atoms with van der Waals surface area (Å²) in [6.07, 6.45) is -0.810. The summed E-state index contributed by atoms with van der Waals surface area (Å²) in [5, 5.41) is 8.91. The molecular formula is C17H16O5. The van der Waals surface area contributed by atoms with Crippen LogP contribution in [0.3, 0.4) is 0 Å². The fourth-order valence-corrected chi connectivity index (χ4v) is 1.83. The number of carboxylic acid groups (broad SMARTS) is 1. The fourth-order valence-electron chi connectivity index (χ4n) is 1.83. The number of carboxylic acids is 1. The predicted molar refractivity (Wildman–Crippen MR) is 80.3 cm³/mol. The highest BCUT2D eigenvalue weighted by Gasteiger charge is 2.18. The summed E-state index contributed by atoms with van der Waals surface area (Å²) in [6, 6.07) is 13.1. The molecule has 2 aromatic rings. The minimum Gasteiger partial charge on any atom is -0.479 e. The van der Waals surface area contributed by atoms with Crippen molar-refractivity contribution in [1.82, 2.24) is 0 Å². The second kappa shape index (κ2) is 6.76. The molecule has 0 aliphatic carbocycles. The lowest BCUT2D eigenvalue weighted by molar-refractivity contribution is -0.141. The lowest BCUT2D eigenvalue weighted by Crippen LogP contribution is -2.28. The molecule has 1 unspecified atom stereocenters. The maximum Gasteiger partial charge on any atom is 0.352 e. The zero-order chi connectivity index (χ0) is 16.1. The molecule has 5 heteroatoms. The van der Waals surface area contributed by atoms with Gasteiger partial charge in [0.2, 0.25) is 0 Å². The molecule has 0 heterocycles. The number of carbonyl (C=O) groups is 2. The number of carbonyl (C=O) groups excluding carboxylic acids is 1. The average Bonchev–Trinajstić information content (AvgIpc) is 2.47. The van der Waals surface area contributed by atoms with E-state index in [0.717, 1.165) is 5.56 Å². The third-order valence-corrected chi connectivity index (χ3v) is 2.93. The molecule has 1 N–H and O–H groups in total. The van der Waals surface area contributed by atoms with E-state index in [1.54, 1.807) is 13.0 Å². The van der Waals surface area contributed by atoms with Gasteiger partial charge in [0.05, 0.1) is 5.56 Å². The van der Waals surface area contributed by atoms with Crippen molar-refractivity contribution in [3.05, 3.63) is 59.7 Å². The van der Waals surface area contributed by atoms with E-state index < -0.39 is 18.0 Å². The number of benzene rings is 2. The van der Waals surface area contributed by atoms with Gasteiger partial charge in [-0.05, 0) is 49.7 Å². The third kappa shape index (κ3) is 4.09. The van der Waals surface area contributed by atoms with Gasteiger partial charge in [-0.1, -0.05) is 18.2 Å². The fraction of sp³-hybridized carbons (Fsp3) is 0.176. The van der Waals surface area contributed by atoms with Crippen LogP contribution in [0.4, 0.5) is 0 Å². The van der Waals surface area contributed by atoms with E-state index in [9.17, 15) is 9.59 Å². The highest BCUT2D eigenvalue weighted by atomic mass is 16.6. The second-order valence-electron chi connectivity index (χ2n) is 4.83. The predicted octanol–water partition coefficient (Wildman–Crippen LogP) is 3.07. The molecule has 0 aliphatic rings. The van der Waals surface area contributed by atoms with Crippen LogP contribution in [0.25, 0.3) is 0 Å². The van der Waals surface area contributed by atoms with Crippen molar-refractivity contribution >= 4 is 11.9 Å². The molecule has 0 fully saturated rings. The van der Waals surface area contributed by atoms with Crippen LogP contribution in [0.2, 0.25) is 0 Å². The van der Waals surface area contributed by atoms with Crippen molar-refractivity contribution in [3.63, 3.8) is 0 Å². The molecule has 2 rings (SSSR count). The zero-order valence-electron chi connectivity index (χ0n) is 12.3. The summed E-state index contributed by atoms with van der Waals surface area (Å²) in [6.45, 7) is 3.50. The van der Waals surface area contributed by atoms with Gasteiger partial charge in [0.25, 0.3) is 0 Å². The van der Waals surface area contributed by atoms with E-state index in [0.29, 0.717) is 5.75 Å². The number of hydrogen-bond donors (Lipinski definition) is 1. The van der Waals surface area contributed by atoms with Crippen LogP contribution >= 0.6 is 0 Å². The molecule has 0 amide bonds. The molecule has 0 spiro atoms. The lowest BCUT2D eigenvalue weighted by Gasteiger charge is -2.14. The van der Waals surface area contributed by atoms with E-state index >= 15 is 0 Å². The van der Waals surface area contributed by atoms with E-state index in [1.807, 2.05) is 25.1 Å². The Kier molecular flexibility index (Phi) is 4.78. The Morgan fingerprint density at radius 1 is 1.05 bits per heavy atom. The molecule has 0 radical (unpaired) electrons. The van der Waals surface area contributed by atoms with E-state index in [4.69, 9.17) is 14.6 Å². The normalized spacial score (nSPS) is 11.5. The van der Waals surface area contributed by atoms with Crippen LogP contribution in [0.1, 0.15) is 22.8 Å². The zero-order valence-corrected chi connectivity index (χ0v) is 12.3. The van der Waals surface area contributed by atoms with Crippen molar-refractivity contribution < 1.29 is 24.2 Å². The smallest absolute Gasteiger partial charge is 0.352 e. The van der Waals surface area contributed by atoms with Gasteiger partial charge in [0.15, 0.2) is 6.10 Å². The minimum atomic E-state index is -1.08.